The Morgan fingerprint density at radius 1 is 1.03 bits per heavy atom. The van der Waals surface area contributed by atoms with Gasteiger partial charge in [0.25, 0.3) is 5.91 Å². The number of esters is 1. The number of amides is 1. The van der Waals surface area contributed by atoms with Gasteiger partial charge in [0.1, 0.15) is 6.04 Å². The van der Waals surface area contributed by atoms with Crippen LogP contribution < -0.4 is 4.90 Å². The van der Waals surface area contributed by atoms with E-state index in [1.165, 1.54) is 0 Å². The van der Waals surface area contributed by atoms with E-state index in [1.807, 2.05) is 48.5 Å². The molecule has 8 heteroatoms. The lowest BCUT2D eigenvalue weighted by Crippen LogP contribution is -2.49. The molecule has 29 heavy (non-hydrogen) atoms. The topological polar surface area (TPSA) is 84.0 Å². The molecule has 0 bridgehead atoms. The summed E-state index contributed by atoms with van der Waals surface area (Å²) in [5.41, 5.74) is 3.69. The molecule has 0 radical (unpaired) electrons. The van der Waals surface area contributed by atoms with Crippen molar-refractivity contribution in [3.05, 3.63) is 65.2 Å². The molecule has 0 fully saturated rings. The van der Waals surface area contributed by atoms with Gasteiger partial charge in [0.05, 0.1) is 6.26 Å². The zero-order valence-electron chi connectivity index (χ0n) is 16.1. The first-order valence-corrected chi connectivity index (χ1v) is 11.3. The van der Waals surface area contributed by atoms with Crippen LogP contribution in [0.1, 0.15) is 16.7 Å². The lowest BCUT2D eigenvalue weighted by molar-refractivity contribution is -0.152. The predicted molar refractivity (Wildman–Crippen MR) is 108 cm³/mol. The van der Waals surface area contributed by atoms with Gasteiger partial charge in [-0.25, -0.2) is 8.42 Å². The van der Waals surface area contributed by atoms with Gasteiger partial charge >= 0.3 is 5.97 Å². The Morgan fingerprint density at radius 2 is 1.69 bits per heavy atom. The van der Waals surface area contributed by atoms with Crippen molar-refractivity contribution < 1.29 is 22.7 Å². The van der Waals surface area contributed by atoms with Crippen LogP contribution in [0.15, 0.2) is 48.5 Å². The highest BCUT2D eigenvalue weighted by Crippen LogP contribution is 2.28. The van der Waals surface area contributed by atoms with Crippen molar-refractivity contribution >= 4 is 27.6 Å². The molecular weight excluding hydrogens is 392 g/mol. The molecule has 1 atom stereocenters. The SMILES string of the molecule is CS(=O)(=O)N1Cc2ccccc2C[C@@H]1C(=O)OCC(=O)N1CCc2ccccc21. The van der Waals surface area contributed by atoms with Crippen molar-refractivity contribution in [2.24, 2.45) is 0 Å². The van der Waals surface area contributed by atoms with Crippen LogP contribution in [0.4, 0.5) is 5.69 Å². The quantitative estimate of drug-likeness (QED) is 0.708. The van der Waals surface area contributed by atoms with Crippen LogP contribution in [-0.4, -0.2) is 50.0 Å². The number of nitrogens with zero attached hydrogens (tertiary/aromatic N) is 2. The monoisotopic (exact) mass is 414 g/mol. The number of ether oxygens (including phenoxy) is 1. The number of fused-ring (bicyclic) bond motifs is 2. The van der Waals surface area contributed by atoms with Gasteiger partial charge in [-0.3, -0.25) is 9.59 Å². The lowest BCUT2D eigenvalue weighted by atomic mass is 9.96. The number of anilines is 1. The predicted octanol–water partition coefficient (Wildman–Crippen LogP) is 1.51. The van der Waals surface area contributed by atoms with Crippen molar-refractivity contribution in [2.45, 2.75) is 25.4 Å². The van der Waals surface area contributed by atoms with Crippen molar-refractivity contribution in [1.82, 2.24) is 4.31 Å². The van der Waals surface area contributed by atoms with Gasteiger partial charge in [-0.2, -0.15) is 4.31 Å². The zero-order valence-corrected chi connectivity index (χ0v) is 16.9. The highest BCUT2D eigenvalue weighted by molar-refractivity contribution is 7.88. The van der Waals surface area contributed by atoms with Crippen LogP contribution in [0.2, 0.25) is 0 Å². The fourth-order valence-corrected chi connectivity index (χ4v) is 4.95. The van der Waals surface area contributed by atoms with E-state index in [1.54, 1.807) is 4.90 Å². The third-order valence-electron chi connectivity index (χ3n) is 5.43. The van der Waals surface area contributed by atoms with E-state index < -0.39 is 28.6 Å². The lowest BCUT2D eigenvalue weighted by Gasteiger charge is -2.33. The Morgan fingerprint density at radius 3 is 2.41 bits per heavy atom. The number of para-hydroxylation sites is 1. The van der Waals surface area contributed by atoms with E-state index in [-0.39, 0.29) is 18.9 Å². The number of sulfonamides is 1. The normalized spacial score (nSPS) is 18.8. The minimum absolute atomic E-state index is 0.113. The second-order valence-corrected chi connectivity index (χ2v) is 9.26. The molecule has 152 valence electrons. The molecule has 4 rings (SSSR count). The van der Waals surface area contributed by atoms with Crippen LogP contribution in [0, 0.1) is 0 Å². The molecule has 2 heterocycles. The summed E-state index contributed by atoms with van der Waals surface area (Å²) >= 11 is 0. The summed E-state index contributed by atoms with van der Waals surface area (Å²) in [6.45, 7) is 0.243. The van der Waals surface area contributed by atoms with Gasteiger partial charge < -0.3 is 9.64 Å². The minimum Gasteiger partial charge on any atom is -0.454 e. The van der Waals surface area contributed by atoms with E-state index in [0.29, 0.717) is 6.54 Å². The zero-order chi connectivity index (χ0) is 20.6. The fraction of sp³-hybridized carbons (Fsp3) is 0.333. The molecule has 0 spiro atoms. The van der Waals surface area contributed by atoms with Crippen LogP contribution in [0.25, 0.3) is 0 Å². The molecule has 0 aromatic heterocycles. The third kappa shape index (κ3) is 3.90. The van der Waals surface area contributed by atoms with Crippen molar-refractivity contribution in [2.75, 3.05) is 24.3 Å². The molecule has 7 nitrogen and oxygen atoms in total. The number of carbonyl (C=O) groups excluding carboxylic acids is 2. The molecule has 0 unspecified atom stereocenters. The van der Waals surface area contributed by atoms with Crippen LogP contribution >= 0.6 is 0 Å². The fourth-order valence-electron chi connectivity index (χ4n) is 3.95. The minimum atomic E-state index is -3.62. The smallest absolute Gasteiger partial charge is 0.325 e. The summed E-state index contributed by atoms with van der Waals surface area (Å²) in [5.74, 6) is -1.02. The second-order valence-electron chi connectivity index (χ2n) is 7.33. The average Bonchev–Trinajstić information content (AvgIpc) is 3.14. The van der Waals surface area contributed by atoms with E-state index in [9.17, 15) is 18.0 Å². The maximum Gasteiger partial charge on any atom is 0.325 e. The highest BCUT2D eigenvalue weighted by Gasteiger charge is 2.38. The summed E-state index contributed by atoms with van der Waals surface area (Å²) in [5, 5.41) is 0. The molecule has 0 saturated heterocycles. The van der Waals surface area contributed by atoms with Gasteiger partial charge in [0.15, 0.2) is 6.61 Å². The highest BCUT2D eigenvalue weighted by atomic mass is 32.2. The molecule has 2 aromatic carbocycles. The number of hydrogen-bond donors (Lipinski definition) is 0. The Hall–Kier alpha value is -2.71. The molecule has 2 aliphatic rings. The summed E-state index contributed by atoms with van der Waals surface area (Å²) in [4.78, 5) is 26.9. The molecule has 2 aliphatic heterocycles. The van der Waals surface area contributed by atoms with Gasteiger partial charge in [-0.15, -0.1) is 0 Å². The van der Waals surface area contributed by atoms with Gasteiger partial charge in [-0.05, 0) is 29.2 Å². The molecule has 1 amide bonds. The van der Waals surface area contributed by atoms with Crippen molar-refractivity contribution in [3.8, 4) is 0 Å². The number of carbonyl (C=O) groups is 2. The maximum atomic E-state index is 12.7. The number of benzene rings is 2. The molecule has 0 saturated carbocycles. The van der Waals surface area contributed by atoms with Gasteiger partial charge in [0, 0.05) is 25.2 Å². The van der Waals surface area contributed by atoms with Crippen LogP contribution in [0.5, 0.6) is 0 Å². The Kier molecular flexibility index (Phi) is 5.14. The van der Waals surface area contributed by atoms with E-state index in [4.69, 9.17) is 4.74 Å². The summed E-state index contributed by atoms with van der Waals surface area (Å²) in [6.07, 6.45) is 2.06. The molecule has 2 aromatic rings. The first-order valence-electron chi connectivity index (χ1n) is 9.43. The molecule has 0 aliphatic carbocycles. The van der Waals surface area contributed by atoms with E-state index in [0.717, 1.165) is 39.4 Å². The standard InChI is InChI=1S/C21H22N2O5S/c1-29(26,27)23-13-17-8-3-2-7-16(17)12-19(23)21(25)28-14-20(24)22-11-10-15-6-4-5-9-18(15)22/h2-9,19H,10-14H2,1H3/t19-/m1/s1. The van der Waals surface area contributed by atoms with E-state index in [2.05, 4.69) is 0 Å². The maximum absolute atomic E-state index is 12.7. The Bertz CT molecular complexity index is 1070. The average molecular weight is 414 g/mol. The largest absolute Gasteiger partial charge is 0.454 e. The number of rotatable bonds is 4. The van der Waals surface area contributed by atoms with Crippen LogP contribution in [0.3, 0.4) is 0 Å². The first kappa shape index (κ1) is 19.6. The first-order chi connectivity index (χ1) is 13.8. The molecule has 0 N–H and O–H groups in total. The summed E-state index contributed by atoms with van der Waals surface area (Å²) in [7, 11) is -3.62. The van der Waals surface area contributed by atoms with Crippen molar-refractivity contribution in [3.63, 3.8) is 0 Å². The van der Waals surface area contributed by atoms with E-state index >= 15 is 0 Å². The second kappa shape index (κ2) is 7.61. The summed E-state index contributed by atoms with van der Waals surface area (Å²) in [6, 6.07) is 14.1. The number of hydrogen-bond acceptors (Lipinski definition) is 5. The van der Waals surface area contributed by atoms with Crippen molar-refractivity contribution in [1.29, 1.82) is 0 Å². The Labute approximate surface area is 169 Å². The summed E-state index contributed by atoms with van der Waals surface area (Å²) < 4.78 is 30.9. The van der Waals surface area contributed by atoms with Gasteiger partial charge in [0.2, 0.25) is 10.0 Å². The van der Waals surface area contributed by atoms with Crippen LogP contribution in [-0.2, 0) is 43.7 Å². The third-order valence-corrected chi connectivity index (χ3v) is 6.67. The molecular formula is C21H22N2O5S. The van der Waals surface area contributed by atoms with Gasteiger partial charge in [-0.1, -0.05) is 42.5 Å². The Balaban J connectivity index is 1.47.